The zero-order chi connectivity index (χ0) is 15.5. The van der Waals surface area contributed by atoms with Gasteiger partial charge in [0.1, 0.15) is 5.02 Å². The first-order chi connectivity index (χ1) is 10.7. The highest BCUT2D eigenvalue weighted by Gasteiger charge is 2.26. The number of halogens is 1. The van der Waals surface area contributed by atoms with Crippen LogP contribution in [-0.2, 0) is 0 Å². The lowest BCUT2D eigenvalue weighted by atomic mass is 10.0. The Bertz CT molecular complexity index is 657. The van der Waals surface area contributed by atoms with E-state index in [0.29, 0.717) is 0 Å². The highest BCUT2D eigenvalue weighted by atomic mass is 35.5. The van der Waals surface area contributed by atoms with Gasteiger partial charge in [0.2, 0.25) is 0 Å². The fourth-order valence-electron chi connectivity index (χ4n) is 2.78. The lowest BCUT2D eigenvalue weighted by Gasteiger charge is -2.34. The third-order valence-electron chi connectivity index (χ3n) is 3.81. The summed E-state index contributed by atoms with van der Waals surface area (Å²) in [6.07, 6.45) is 0. The first kappa shape index (κ1) is 15.4. The first-order valence-corrected chi connectivity index (χ1v) is 8.34. The molecule has 1 atom stereocenters. The fourth-order valence-corrected chi connectivity index (χ4v) is 3.85. The predicted molar refractivity (Wildman–Crippen MR) is 88.7 cm³/mol. The number of hydrogen-bond donors (Lipinski definition) is 1. The van der Waals surface area contributed by atoms with E-state index in [0.717, 1.165) is 31.7 Å². The van der Waals surface area contributed by atoms with Crippen LogP contribution in [-0.4, -0.2) is 36.0 Å². The highest BCUT2D eigenvalue weighted by Crippen LogP contribution is 2.35. The second-order valence-electron chi connectivity index (χ2n) is 5.17. The van der Waals surface area contributed by atoms with Crippen LogP contribution < -0.4 is 5.32 Å². The average molecular weight is 338 g/mol. The van der Waals surface area contributed by atoms with Crippen molar-refractivity contribution in [3.8, 4) is 0 Å². The SMILES string of the molecule is O=[N+]([O-])c1cc([C@@H](c2cccs2)N2CCNCC2)ccc1Cl. The minimum absolute atomic E-state index is 0.0316. The molecule has 1 fully saturated rings. The van der Waals surface area contributed by atoms with E-state index in [9.17, 15) is 10.1 Å². The van der Waals surface area contributed by atoms with E-state index in [1.807, 2.05) is 17.5 Å². The van der Waals surface area contributed by atoms with Gasteiger partial charge in [0.15, 0.2) is 0 Å². The quantitative estimate of drug-likeness (QED) is 0.687. The molecule has 7 heteroatoms. The molecule has 1 aliphatic rings. The molecule has 0 bridgehead atoms. The molecule has 2 aromatic rings. The number of thiophene rings is 1. The summed E-state index contributed by atoms with van der Waals surface area (Å²) in [6.45, 7) is 3.69. The fraction of sp³-hybridized carbons (Fsp3) is 0.333. The van der Waals surface area contributed by atoms with E-state index in [1.165, 1.54) is 4.88 Å². The van der Waals surface area contributed by atoms with Crippen molar-refractivity contribution < 1.29 is 4.92 Å². The summed E-state index contributed by atoms with van der Waals surface area (Å²) in [5, 5.41) is 16.7. The number of nitrogens with one attached hydrogen (secondary N) is 1. The van der Waals surface area contributed by atoms with Gasteiger partial charge in [-0.2, -0.15) is 0 Å². The molecule has 1 aromatic heterocycles. The zero-order valence-corrected chi connectivity index (χ0v) is 13.4. The maximum absolute atomic E-state index is 11.2. The van der Waals surface area contributed by atoms with Crippen molar-refractivity contribution >= 4 is 28.6 Å². The number of nitro groups is 1. The van der Waals surface area contributed by atoms with Gasteiger partial charge >= 0.3 is 0 Å². The smallest absolute Gasteiger partial charge is 0.288 e. The lowest BCUT2D eigenvalue weighted by molar-refractivity contribution is -0.384. The predicted octanol–water partition coefficient (Wildman–Crippen LogP) is 3.30. The summed E-state index contributed by atoms with van der Waals surface area (Å²) >= 11 is 7.62. The number of hydrogen-bond acceptors (Lipinski definition) is 5. The Morgan fingerprint density at radius 3 is 2.73 bits per heavy atom. The van der Waals surface area contributed by atoms with Gasteiger partial charge in [-0.1, -0.05) is 23.7 Å². The summed E-state index contributed by atoms with van der Waals surface area (Å²) < 4.78 is 0. The molecule has 0 saturated carbocycles. The molecule has 0 aliphatic carbocycles. The number of nitrogens with zero attached hydrogens (tertiary/aromatic N) is 2. The van der Waals surface area contributed by atoms with Crippen molar-refractivity contribution in [2.45, 2.75) is 6.04 Å². The maximum atomic E-state index is 11.2. The second kappa shape index (κ2) is 6.75. The molecule has 1 aliphatic heterocycles. The van der Waals surface area contributed by atoms with Crippen molar-refractivity contribution in [2.75, 3.05) is 26.2 Å². The molecule has 0 spiro atoms. The molecule has 1 N–H and O–H groups in total. The molecule has 1 aromatic carbocycles. The maximum Gasteiger partial charge on any atom is 0.288 e. The molecular weight excluding hydrogens is 322 g/mol. The van der Waals surface area contributed by atoms with Gasteiger partial charge in [0.25, 0.3) is 5.69 Å². The summed E-state index contributed by atoms with van der Waals surface area (Å²) in [5.41, 5.74) is 0.885. The van der Waals surface area contributed by atoms with E-state index < -0.39 is 4.92 Å². The van der Waals surface area contributed by atoms with Crippen molar-refractivity contribution in [1.29, 1.82) is 0 Å². The number of nitro benzene ring substituents is 1. The van der Waals surface area contributed by atoms with Crippen LogP contribution >= 0.6 is 22.9 Å². The molecule has 0 radical (unpaired) electrons. The first-order valence-electron chi connectivity index (χ1n) is 7.09. The second-order valence-corrected chi connectivity index (χ2v) is 6.56. The van der Waals surface area contributed by atoms with Crippen LogP contribution in [0.3, 0.4) is 0 Å². The Hall–Kier alpha value is -1.47. The van der Waals surface area contributed by atoms with Gasteiger partial charge in [-0.05, 0) is 23.1 Å². The summed E-state index contributed by atoms with van der Waals surface area (Å²) in [5.74, 6) is 0. The van der Waals surface area contributed by atoms with E-state index in [-0.39, 0.29) is 16.8 Å². The van der Waals surface area contributed by atoms with Crippen molar-refractivity contribution in [3.63, 3.8) is 0 Å². The molecule has 5 nitrogen and oxygen atoms in total. The third kappa shape index (κ3) is 3.15. The Morgan fingerprint density at radius 1 is 1.32 bits per heavy atom. The summed E-state index contributed by atoms with van der Waals surface area (Å²) in [6, 6.07) is 9.25. The van der Waals surface area contributed by atoms with E-state index in [4.69, 9.17) is 11.6 Å². The minimum Gasteiger partial charge on any atom is -0.314 e. The van der Waals surface area contributed by atoms with E-state index in [2.05, 4.69) is 16.3 Å². The van der Waals surface area contributed by atoms with Gasteiger partial charge in [0.05, 0.1) is 11.0 Å². The summed E-state index contributed by atoms with van der Waals surface area (Å²) in [7, 11) is 0. The molecular formula is C15H16ClN3O2S. The molecule has 3 rings (SSSR count). The van der Waals surface area contributed by atoms with Crippen molar-refractivity contribution in [2.24, 2.45) is 0 Å². The van der Waals surface area contributed by atoms with Crippen LogP contribution in [0.4, 0.5) is 5.69 Å². The van der Waals surface area contributed by atoms with E-state index in [1.54, 1.807) is 23.5 Å². The largest absolute Gasteiger partial charge is 0.314 e. The van der Waals surface area contributed by atoms with Crippen LogP contribution in [0.5, 0.6) is 0 Å². The Labute approximate surface area is 137 Å². The van der Waals surface area contributed by atoms with Gasteiger partial charge < -0.3 is 5.32 Å². The number of piperazine rings is 1. The Morgan fingerprint density at radius 2 is 2.09 bits per heavy atom. The number of rotatable bonds is 4. The Kier molecular flexibility index (Phi) is 4.73. The van der Waals surface area contributed by atoms with Gasteiger partial charge in [0, 0.05) is 37.1 Å². The molecule has 116 valence electrons. The normalized spacial score (nSPS) is 17.3. The Balaban J connectivity index is 2.02. The highest BCUT2D eigenvalue weighted by molar-refractivity contribution is 7.10. The minimum atomic E-state index is -0.422. The molecule has 0 unspecified atom stereocenters. The molecule has 22 heavy (non-hydrogen) atoms. The monoisotopic (exact) mass is 337 g/mol. The molecule has 2 heterocycles. The van der Waals surface area contributed by atoms with Crippen molar-refractivity contribution in [3.05, 3.63) is 61.3 Å². The standard InChI is InChI=1S/C15H16ClN3O2S/c16-12-4-3-11(10-13(12)19(20)21)15(14-2-1-9-22-14)18-7-5-17-6-8-18/h1-4,9-10,15,17H,5-8H2/t15-/m0/s1. The average Bonchev–Trinajstić information content (AvgIpc) is 3.04. The number of benzene rings is 1. The lowest BCUT2D eigenvalue weighted by Crippen LogP contribution is -2.45. The van der Waals surface area contributed by atoms with Crippen LogP contribution in [0.25, 0.3) is 0 Å². The van der Waals surface area contributed by atoms with Crippen LogP contribution in [0.15, 0.2) is 35.7 Å². The van der Waals surface area contributed by atoms with Crippen molar-refractivity contribution in [1.82, 2.24) is 10.2 Å². The van der Waals surface area contributed by atoms with Crippen LogP contribution in [0, 0.1) is 10.1 Å². The van der Waals surface area contributed by atoms with Gasteiger partial charge in [-0.3, -0.25) is 15.0 Å². The zero-order valence-electron chi connectivity index (χ0n) is 11.9. The van der Waals surface area contributed by atoms with Gasteiger partial charge in [-0.25, -0.2) is 0 Å². The molecule has 1 saturated heterocycles. The van der Waals surface area contributed by atoms with Gasteiger partial charge in [-0.15, -0.1) is 11.3 Å². The molecule has 0 amide bonds. The van der Waals surface area contributed by atoms with Crippen LogP contribution in [0.2, 0.25) is 5.02 Å². The summed E-state index contributed by atoms with van der Waals surface area (Å²) in [4.78, 5) is 14.3. The van der Waals surface area contributed by atoms with Crippen LogP contribution in [0.1, 0.15) is 16.5 Å². The topological polar surface area (TPSA) is 58.4 Å². The third-order valence-corrected chi connectivity index (χ3v) is 5.06. The van der Waals surface area contributed by atoms with E-state index >= 15 is 0 Å².